The summed E-state index contributed by atoms with van der Waals surface area (Å²) < 4.78 is 0. The van der Waals surface area contributed by atoms with E-state index in [-0.39, 0.29) is 6.61 Å². The van der Waals surface area contributed by atoms with E-state index in [1.165, 1.54) is 17.5 Å². The van der Waals surface area contributed by atoms with Crippen LogP contribution in [-0.4, -0.2) is 54.2 Å². The first-order valence-electron chi connectivity index (χ1n) is 6.78. The van der Waals surface area contributed by atoms with Gasteiger partial charge >= 0.3 is 0 Å². The van der Waals surface area contributed by atoms with Gasteiger partial charge in [-0.3, -0.25) is 9.80 Å². The molecule has 0 bridgehead atoms. The molecule has 1 saturated heterocycles. The third kappa shape index (κ3) is 3.31. The van der Waals surface area contributed by atoms with Gasteiger partial charge in [-0.15, -0.1) is 0 Å². The van der Waals surface area contributed by atoms with Crippen LogP contribution in [0.2, 0.25) is 0 Å². The molecule has 0 saturated carbocycles. The van der Waals surface area contributed by atoms with Crippen molar-refractivity contribution in [3.63, 3.8) is 0 Å². The van der Waals surface area contributed by atoms with E-state index in [4.69, 9.17) is 5.11 Å². The monoisotopic (exact) mass is 248 g/mol. The molecule has 1 aliphatic rings. The van der Waals surface area contributed by atoms with E-state index in [0.29, 0.717) is 6.04 Å². The summed E-state index contributed by atoms with van der Waals surface area (Å²) in [6, 6.07) is 9.22. The minimum atomic E-state index is 0.255. The second-order valence-corrected chi connectivity index (χ2v) is 5.31. The van der Waals surface area contributed by atoms with Gasteiger partial charge in [0.15, 0.2) is 0 Å². The van der Waals surface area contributed by atoms with Gasteiger partial charge in [0, 0.05) is 32.2 Å². The number of likely N-dealkylation sites (N-methyl/N-ethyl adjacent to an activating group) is 1. The standard InChI is InChI=1S/C15H24N2O/c1-13-5-3-4-6-14(13)11-17-8-7-15(12-17)16(2)9-10-18/h3-6,15,18H,7-12H2,1-2H3. The Morgan fingerprint density at radius 3 is 2.89 bits per heavy atom. The number of aliphatic hydroxyl groups is 1. The van der Waals surface area contributed by atoms with Gasteiger partial charge in [0.25, 0.3) is 0 Å². The fourth-order valence-corrected chi connectivity index (χ4v) is 2.68. The predicted octanol–water partition coefficient (Wildman–Crippen LogP) is 1.49. The highest BCUT2D eigenvalue weighted by molar-refractivity contribution is 5.25. The molecule has 0 amide bonds. The molecule has 1 atom stereocenters. The fraction of sp³-hybridized carbons (Fsp3) is 0.600. The van der Waals surface area contributed by atoms with Crippen LogP contribution in [0.25, 0.3) is 0 Å². The maximum absolute atomic E-state index is 8.98. The van der Waals surface area contributed by atoms with Crippen LogP contribution in [0, 0.1) is 6.92 Å². The van der Waals surface area contributed by atoms with Gasteiger partial charge in [-0.2, -0.15) is 0 Å². The molecule has 2 rings (SSSR count). The molecule has 100 valence electrons. The van der Waals surface area contributed by atoms with Gasteiger partial charge in [-0.25, -0.2) is 0 Å². The molecule has 0 spiro atoms. The SMILES string of the molecule is Cc1ccccc1CN1CCC(N(C)CCO)C1. The lowest BCUT2D eigenvalue weighted by Crippen LogP contribution is -2.36. The minimum Gasteiger partial charge on any atom is -0.395 e. The molecule has 1 unspecified atom stereocenters. The number of likely N-dealkylation sites (tertiary alicyclic amines) is 1. The second-order valence-electron chi connectivity index (χ2n) is 5.31. The van der Waals surface area contributed by atoms with Crippen LogP contribution in [-0.2, 0) is 6.54 Å². The Labute approximate surface area is 110 Å². The first-order valence-corrected chi connectivity index (χ1v) is 6.78. The largest absolute Gasteiger partial charge is 0.395 e. The highest BCUT2D eigenvalue weighted by atomic mass is 16.3. The summed E-state index contributed by atoms with van der Waals surface area (Å²) in [5.41, 5.74) is 2.81. The molecule has 0 radical (unpaired) electrons. The van der Waals surface area contributed by atoms with Gasteiger partial charge < -0.3 is 5.11 Å². The summed E-state index contributed by atoms with van der Waals surface area (Å²) in [7, 11) is 2.11. The molecule has 1 aliphatic heterocycles. The number of hydrogen-bond acceptors (Lipinski definition) is 3. The van der Waals surface area contributed by atoms with Crippen molar-refractivity contribution in [1.29, 1.82) is 0 Å². The Balaban J connectivity index is 1.88. The van der Waals surface area contributed by atoms with E-state index in [9.17, 15) is 0 Å². The highest BCUT2D eigenvalue weighted by Gasteiger charge is 2.25. The van der Waals surface area contributed by atoms with E-state index in [1.54, 1.807) is 0 Å². The lowest BCUT2D eigenvalue weighted by Gasteiger charge is -2.24. The number of aliphatic hydroxyl groups excluding tert-OH is 1. The topological polar surface area (TPSA) is 26.7 Å². The number of nitrogens with zero attached hydrogens (tertiary/aromatic N) is 2. The molecular formula is C15H24N2O. The Bertz CT molecular complexity index is 381. The van der Waals surface area contributed by atoms with E-state index in [1.807, 2.05) is 0 Å². The molecular weight excluding hydrogens is 224 g/mol. The van der Waals surface area contributed by atoms with E-state index in [0.717, 1.165) is 26.2 Å². The number of rotatable bonds is 5. The predicted molar refractivity (Wildman–Crippen MR) is 74.6 cm³/mol. The van der Waals surface area contributed by atoms with Crippen molar-refractivity contribution in [3.8, 4) is 0 Å². The number of hydrogen-bond donors (Lipinski definition) is 1. The van der Waals surface area contributed by atoms with Crippen molar-refractivity contribution < 1.29 is 5.11 Å². The summed E-state index contributed by atoms with van der Waals surface area (Å²) >= 11 is 0. The van der Waals surface area contributed by atoms with E-state index >= 15 is 0 Å². The molecule has 1 heterocycles. The third-order valence-electron chi connectivity index (χ3n) is 3.98. The molecule has 1 fully saturated rings. The molecule has 3 heteroatoms. The van der Waals surface area contributed by atoms with Crippen molar-refractivity contribution in [3.05, 3.63) is 35.4 Å². The Morgan fingerprint density at radius 2 is 2.17 bits per heavy atom. The second kappa shape index (κ2) is 6.32. The normalized spacial score (nSPS) is 20.8. The van der Waals surface area contributed by atoms with Gasteiger partial charge in [-0.05, 0) is 31.5 Å². The number of aryl methyl sites for hydroxylation is 1. The zero-order valence-corrected chi connectivity index (χ0v) is 11.5. The first kappa shape index (κ1) is 13.5. The van der Waals surface area contributed by atoms with Crippen molar-refractivity contribution in [2.45, 2.75) is 25.9 Å². The zero-order chi connectivity index (χ0) is 13.0. The average Bonchev–Trinajstić information content (AvgIpc) is 2.81. The Kier molecular flexibility index (Phi) is 4.75. The van der Waals surface area contributed by atoms with Gasteiger partial charge in [0.2, 0.25) is 0 Å². The van der Waals surface area contributed by atoms with Crippen molar-refractivity contribution in [1.82, 2.24) is 9.80 Å². The van der Waals surface area contributed by atoms with Crippen LogP contribution in [0.3, 0.4) is 0 Å². The third-order valence-corrected chi connectivity index (χ3v) is 3.98. The fourth-order valence-electron chi connectivity index (χ4n) is 2.68. The molecule has 0 aromatic heterocycles. The maximum Gasteiger partial charge on any atom is 0.0558 e. The number of benzene rings is 1. The lowest BCUT2D eigenvalue weighted by atomic mass is 10.1. The summed E-state index contributed by atoms with van der Waals surface area (Å²) in [6.45, 7) is 6.55. The van der Waals surface area contributed by atoms with E-state index < -0.39 is 0 Å². The van der Waals surface area contributed by atoms with E-state index in [2.05, 4.69) is 48.0 Å². The van der Waals surface area contributed by atoms with Crippen LogP contribution in [0.4, 0.5) is 0 Å². The highest BCUT2D eigenvalue weighted by Crippen LogP contribution is 2.18. The smallest absolute Gasteiger partial charge is 0.0558 e. The molecule has 0 aliphatic carbocycles. The Morgan fingerprint density at radius 1 is 1.39 bits per heavy atom. The molecule has 3 nitrogen and oxygen atoms in total. The summed E-state index contributed by atoms with van der Waals surface area (Å²) in [4.78, 5) is 4.79. The van der Waals surface area contributed by atoms with Gasteiger partial charge in [0.1, 0.15) is 0 Å². The molecule has 1 N–H and O–H groups in total. The van der Waals surface area contributed by atoms with Crippen LogP contribution < -0.4 is 0 Å². The molecule has 18 heavy (non-hydrogen) atoms. The summed E-state index contributed by atoms with van der Waals surface area (Å²) in [6.07, 6.45) is 1.21. The van der Waals surface area contributed by atoms with Gasteiger partial charge in [0.05, 0.1) is 6.61 Å². The van der Waals surface area contributed by atoms with Crippen molar-refractivity contribution in [2.24, 2.45) is 0 Å². The van der Waals surface area contributed by atoms with Crippen molar-refractivity contribution >= 4 is 0 Å². The molecule has 1 aromatic rings. The first-order chi connectivity index (χ1) is 8.70. The average molecular weight is 248 g/mol. The zero-order valence-electron chi connectivity index (χ0n) is 11.5. The summed E-state index contributed by atoms with van der Waals surface area (Å²) in [5.74, 6) is 0. The van der Waals surface area contributed by atoms with Crippen LogP contribution in [0.5, 0.6) is 0 Å². The van der Waals surface area contributed by atoms with Crippen LogP contribution in [0.15, 0.2) is 24.3 Å². The van der Waals surface area contributed by atoms with Crippen LogP contribution >= 0.6 is 0 Å². The van der Waals surface area contributed by atoms with Crippen LogP contribution in [0.1, 0.15) is 17.5 Å². The minimum absolute atomic E-state index is 0.255. The maximum atomic E-state index is 8.98. The van der Waals surface area contributed by atoms with Gasteiger partial charge in [-0.1, -0.05) is 24.3 Å². The summed E-state index contributed by atoms with van der Waals surface area (Å²) in [5, 5.41) is 8.98. The van der Waals surface area contributed by atoms with Crippen molar-refractivity contribution in [2.75, 3.05) is 33.3 Å². The lowest BCUT2D eigenvalue weighted by molar-refractivity contribution is 0.177. The Hall–Kier alpha value is -0.900. The quantitative estimate of drug-likeness (QED) is 0.855. The molecule has 1 aromatic carbocycles.